The highest BCUT2D eigenvalue weighted by atomic mass is 19.4. The van der Waals surface area contributed by atoms with Gasteiger partial charge in [-0.2, -0.15) is 13.2 Å². The number of aryl methyl sites for hydroxylation is 1. The van der Waals surface area contributed by atoms with Crippen molar-refractivity contribution in [3.05, 3.63) is 68.6 Å². The van der Waals surface area contributed by atoms with E-state index >= 15 is 0 Å². The third kappa shape index (κ3) is 5.23. The van der Waals surface area contributed by atoms with Gasteiger partial charge in [0.1, 0.15) is 5.56 Å². The van der Waals surface area contributed by atoms with Crippen LogP contribution in [0, 0.1) is 6.92 Å². The summed E-state index contributed by atoms with van der Waals surface area (Å²) in [6.07, 6.45) is -1.75. The number of halogens is 3. The SMILES string of the molecule is CCc1c(C(=O)NCc2cccc(C(F)(F)F)c2)c(=O)cc(C)n1C[C@@H]1CCCN1CC. The van der Waals surface area contributed by atoms with Gasteiger partial charge in [0.25, 0.3) is 5.91 Å². The summed E-state index contributed by atoms with van der Waals surface area (Å²) in [7, 11) is 0. The molecule has 1 aromatic carbocycles. The zero-order chi connectivity index (χ0) is 23.5. The minimum atomic E-state index is -4.45. The molecule has 0 saturated carbocycles. The van der Waals surface area contributed by atoms with E-state index in [1.54, 1.807) is 0 Å². The number of nitrogens with one attached hydrogen (secondary N) is 1. The second kappa shape index (κ2) is 9.90. The molecule has 1 aliphatic heterocycles. The van der Waals surface area contributed by atoms with Gasteiger partial charge in [0, 0.05) is 36.6 Å². The van der Waals surface area contributed by atoms with Crippen LogP contribution in [0.15, 0.2) is 35.1 Å². The highest BCUT2D eigenvalue weighted by molar-refractivity contribution is 5.95. The maximum Gasteiger partial charge on any atom is 0.416 e. The Hall–Kier alpha value is -2.61. The first kappa shape index (κ1) is 24.0. The van der Waals surface area contributed by atoms with E-state index in [2.05, 4.69) is 21.7 Å². The van der Waals surface area contributed by atoms with Crippen molar-refractivity contribution in [1.29, 1.82) is 0 Å². The highest BCUT2D eigenvalue weighted by Gasteiger charge is 2.30. The van der Waals surface area contributed by atoms with Gasteiger partial charge in [0.05, 0.1) is 5.56 Å². The summed E-state index contributed by atoms with van der Waals surface area (Å²) in [6, 6.07) is 6.65. The van der Waals surface area contributed by atoms with E-state index in [0.717, 1.165) is 43.8 Å². The van der Waals surface area contributed by atoms with E-state index in [-0.39, 0.29) is 17.5 Å². The van der Waals surface area contributed by atoms with Gasteiger partial charge in [-0.15, -0.1) is 0 Å². The lowest BCUT2D eigenvalue weighted by atomic mass is 10.1. The Morgan fingerprint density at radius 2 is 1.97 bits per heavy atom. The predicted octanol–water partition coefficient (Wildman–Crippen LogP) is 4.15. The van der Waals surface area contributed by atoms with Crippen molar-refractivity contribution in [2.24, 2.45) is 0 Å². The van der Waals surface area contributed by atoms with Crippen LogP contribution in [0.25, 0.3) is 0 Å². The summed E-state index contributed by atoms with van der Waals surface area (Å²) in [5.74, 6) is -0.559. The molecule has 0 spiro atoms. The number of likely N-dealkylation sites (N-methyl/N-ethyl adjacent to an activating group) is 1. The van der Waals surface area contributed by atoms with Crippen LogP contribution in [0.3, 0.4) is 0 Å². The van der Waals surface area contributed by atoms with Gasteiger partial charge in [-0.05, 0) is 57.0 Å². The molecule has 0 radical (unpaired) electrons. The number of pyridine rings is 1. The summed E-state index contributed by atoms with van der Waals surface area (Å²) in [5.41, 5.74) is 0.738. The molecular formula is C24H30F3N3O2. The number of amides is 1. The smallest absolute Gasteiger partial charge is 0.348 e. The van der Waals surface area contributed by atoms with Gasteiger partial charge < -0.3 is 9.88 Å². The first-order valence-corrected chi connectivity index (χ1v) is 11.1. The first-order valence-electron chi connectivity index (χ1n) is 11.1. The first-order chi connectivity index (χ1) is 15.2. The molecule has 3 rings (SSSR count). The Morgan fingerprint density at radius 1 is 1.22 bits per heavy atom. The summed E-state index contributed by atoms with van der Waals surface area (Å²) >= 11 is 0. The number of rotatable bonds is 7. The summed E-state index contributed by atoms with van der Waals surface area (Å²) in [5, 5.41) is 2.64. The van der Waals surface area contributed by atoms with Gasteiger partial charge in [-0.25, -0.2) is 0 Å². The number of hydrogen-bond acceptors (Lipinski definition) is 3. The molecular weight excluding hydrogens is 419 g/mol. The molecule has 0 bridgehead atoms. The van der Waals surface area contributed by atoms with Crippen LogP contribution in [0.1, 0.15) is 59.6 Å². The Morgan fingerprint density at radius 3 is 2.62 bits per heavy atom. The number of carbonyl (C=O) groups is 1. The number of carbonyl (C=O) groups excluding carboxylic acids is 1. The van der Waals surface area contributed by atoms with Gasteiger partial charge in [0.2, 0.25) is 0 Å². The summed E-state index contributed by atoms with van der Waals surface area (Å²) in [4.78, 5) is 28.1. The largest absolute Gasteiger partial charge is 0.416 e. The van der Waals surface area contributed by atoms with Gasteiger partial charge >= 0.3 is 6.18 Å². The number of alkyl halides is 3. The third-order valence-corrected chi connectivity index (χ3v) is 6.19. The van der Waals surface area contributed by atoms with Crippen molar-refractivity contribution in [1.82, 2.24) is 14.8 Å². The minimum Gasteiger partial charge on any atom is -0.348 e. The van der Waals surface area contributed by atoms with E-state index in [1.165, 1.54) is 18.2 Å². The standard InChI is InChI=1S/C24H30F3N3O2/c1-4-20-22(23(32)28-14-17-8-6-9-18(13-17)24(25,26)27)21(31)12-16(3)30(20)15-19-10-7-11-29(19)5-2/h6,8-9,12-13,19H,4-5,7,10-11,14-15H2,1-3H3,(H,28,32)/t19-/m0/s1. The Kier molecular flexibility index (Phi) is 7.44. The van der Waals surface area contributed by atoms with E-state index in [1.807, 2.05) is 13.8 Å². The number of likely N-dealkylation sites (tertiary alicyclic amines) is 1. The molecule has 5 nitrogen and oxygen atoms in total. The predicted molar refractivity (Wildman–Crippen MR) is 118 cm³/mol. The second-order valence-electron chi connectivity index (χ2n) is 8.24. The molecule has 1 aliphatic rings. The van der Waals surface area contributed by atoms with Crippen molar-refractivity contribution in [2.75, 3.05) is 13.1 Å². The van der Waals surface area contributed by atoms with Crippen molar-refractivity contribution in [2.45, 2.75) is 65.3 Å². The lowest BCUT2D eigenvalue weighted by molar-refractivity contribution is -0.137. The highest BCUT2D eigenvalue weighted by Crippen LogP contribution is 2.29. The quantitative estimate of drug-likeness (QED) is 0.691. The fraction of sp³-hybridized carbons (Fsp3) is 0.500. The average molecular weight is 450 g/mol. The third-order valence-electron chi connectivity index (χ3n) is 6.19. The van der Waals surface area contributed by atoms with E-state index in [4.69, 9.17) is 0 Å². The van der Waals surface area contributed by atoms with Crippen LogP contribution in [0.4, 0.5) is 13.2 Å². The van der Waals surface area contributed by atoms with Gasteiger partial charge in [-0.1, -0.05) is 26.0 Å². The second-order valence-corrected chi connectivity index (χ2v) is 8.24. The van der Waals surface area contributed by atoms with Gasteiger partial charge in [0.15, 0.2) is 5.43 Å². The molecule has 1 atom stereocenters. The lowest BCUT2D eigenvalue weighted by Crippen LogP contribution is -2.37. The molecule has 1 saturated heterocycles. The molecule has 174 valence electrons. The molecule has 1 N–H and O–H groups in total. The zero-order valence-corrected chi connectivity index (χ0v) is 18.8. The van der Waals surface area contributed by atoms with Crippen LogP contribution in [0.5, 0.6) is 0 Å². The number of hydrogen-bond donors (Lipinski definition) is 1. The monoisotopic (exact) mass is 449 g/mol. The Bertz CT molecular complexity index is 1030. The molecule has 1 aromatic heterocycles. The average Bonchev–Trinajstić information content (AvgIpc) is 3.20. The molecule has 1 fully saturated rings. The molecule has 2 heterocycles. The zero-order valence-electron chi connectivity index (χ0n) is 18.8. The van der Waals surface area contributed by atoms with E-state index in [9.17, 15) is 22.8 Å². The number of aromatic nitrogens is 1. The molecule has 1 amide bonds. The normalized spacial score (nSPS) is 17.0. The molecule has 32 heavy (non-hydrogen) atoms. The van der Waals surface area contributed by atoms with Crippen LogP contribution in [0.2, 0.25) is 0 Å². The Labute approximate surface area is 186 Å². The van der Waals surface area contributed by atoms with Gasteiger partial charge in [-0.3, -0.25) is 14.5 Å². The fourth-order valence-electron chi connectivity index (χ4n) is 4.55. The lowest BCUT2D eigenvalue weighted by Gasteiger charge is -2.27. The van der Waals surface area contributed by atoms with Crippen LogP contribution >= 0.6 is 0 Å². The molecule has 0 aliphatic carbocycles. The number of nitrogens with zero attached hydrogens (tertiary/aromatic N) is 2. The molecule has 8 heteroatoms. The Balaban J connectivity index is 1.85. The van der Waals surface area contributed by atoms with Crippen LogP contribution in [-0.2, 0) is 25.7 Å². The van der Waals surface area contributed by atoms with E-state index < -0.39 is 17.6 Å². The van der Waals surface area contributed by atoms with Crippen molar-refractivity contribution >= 4 is 5.91 Å². The minimum absolute atomic E-state index is 0.0751. The van der Waals surface area contributed by atoms with Crippen molar-refractivity contribution in [3.63, 3.8) is 0 Å². The topological polar surface area (TPSA) is 54.3 Å². The fourth-order valence-corrected chi connectivity index (χ4v) is 4.55. The maximum absolute atomic E-state index is 13.0. The van der Waals surface area contributed by atoms with Crippen LogP contribution in [-0.4, -0.2) is 34.5 Å². The molecule has 0 unspecified atom stereocenters. The summed E-state index contributed by atoms with van der Waals surface area (Å²) in [6.45, 7) is 8.52. The van der Waals surface area contributed by atoms with Crippen LogP contribution < -0.4 is 10.7 Å². The van der Waals surface area contributed by atoms with E-state index in [0.29, 0.717) is 30.3 Å². The van der Waals surface area contributed by atoms with Crippen molar-refractivity contribution < 1.29 is 18.0 Å². The molecule has 2 aromatic rings. The summed E-state index contributed by atoms with van der Waals surface area (Å²) < 4.78 is 40.9. The number of benzene rings is 1. The maximum atomic E-state index is 13.0. The van der Waals surface area contributed by atoms with Crippen molar-refractivity contribution in [3.8, 4) is 0 Å².